The Balaban J connectivity index is 2.16. The number of carbonyl (C=O) groups is 2. The molecule has 0 radical (unpaired) electrons. The van der Waals surface area contributed by atoms with Crippen molar-refractivity contribution in [3.8, 4) is 0 Å². The highest BCUT2D eigenvalue weighted by Crippen LogP contribution is 2.23. The Morgan fingerprint density at radius 1 is 1.21 bits per heavy atom. The Bertz CT molecular complexity index is 1130. The first-order chi connectivity index (χ1) is 13.2. The second kappa shape index (κ2) is 7.71. The predicted octanol–water partition coefficient (Wildman–Crippen LogP) is 3.32. The number of amides is 1. The zero-order chi connectivity index (χ0) is 20.6. The number of rotatable bonds is 4. The monoisotopic (exact) mass is 400 g/mol. The van der Waals surface area contributed by atoms with Crippen LogP contribution in [0.5, 0.6) is 0 Å². The van der Waals surface area contributed by atoms with Gasteiger partial charge in [0.25, 0.3) is 5.91 Å². The Morgan fingerprint density at radius 2 is 1.93 bits per heavy atom. The highest BCUT2D eigenvalue weighted by Gasteiger charge is 2.16. The van der Waals surface area contributed by atoms with E-state index in [2.05, 4.69) is 16.2 Å². The molecule has 0 fully saturated rings. The summed E-state index contributed by atoms with van der Waals surface area (Å²) in [5, 5.41) is 4.37. The molecule has 0 aliphatic carbocycles. The molecule has 0 saturated carbocycles. The molecule has 28 heavy (non-hydrogen) atoms. The first-order valence-corrected chi connectivity index (χ1v) is 9.85. The first kappa shape index (κ1) is 20.0. The summed E-state index contributed by atoms with van der Waals surface area (Å²) >= 11 is 1.39. The molecule has 2 aromatic heterocycles. The molecule has 0 saturated heterocycles. The number of esters is 1. The van der Waals surface area contributed by atoms with Crippen LogP contribution < -0.4 is 4.80 Å². The molecule has 1 aromatic carbocycles. The minimum atomic E-state index is -0.429. The summed E-state index contributed by atoms with van der Waals surface area (Å²) in [6.45, 7) is 9.92. The minimum absolute atomic E-state index is 0.00896. The molecule has 0 spiro atoms. The fourth-order valence-electron chi connectivity index (χ4n) is 3.20. The van der Waals surface area contributed by atoms with Gasteiger partial charge in [-0.15, -0.1) is 0 Å². The van der Waals surface area contributed by atoms with Gasteiger partial charge in [0.2, 0.25) is 0 Å². The Hall–Kier alpha value is -2.74. The molecule has 0 N–H and O–H groups in total. The average molecular weight is 401 g/mol. The van der Waals surface area contributed by atoms with E-state index in [-0.39, 0.29) is 12.6 Å². The molecular formula is C20H24N4O3S. The molecule has 0 bridgehead atoms. The maximum Gasteiger partial charge on any atom is 0.325 e. The smallest absolute Gasteiger partial charge is 0.325 e. The van der Waals surface area contributed by atoms with Crippen LogP contribution in [-0.2, 0) is 16.1 Å². The van der Waals surface area contributed by atoms with Gasteiger partial charge in [-0.2, -0.15) is 10.1 Å². The van der Waals surface area contributed by atoms with Crippen molar-refractivity contribution in [3.63, 3.8) is 0 Å². The van der Waals surface area contributed by atoms with E-state index >= 15 is 0 Å². The molecule has 8 heteroatoms. The van der Waals surface area contributed by atoms with E-state index in [0.717, 1.165) is 27.0 Å². The van der Waals surface area contributed by atoms with Gasteiger partial charge >= 0.3 is 5.97 Å². The van der Waals surface area contributed by atoms with Crippen molar-refractivity contribution < 1.29 is 14.3 Å². The van der Waals surface area contributed by atoms with Crippen molar-refractivity contribution in [2.24, 2.45) is 4.99 Å². The summed E-state index contributed by atoms with van der Waals surface area (Å²) in [7, 11) is 1.34. The minimum Gasteiger partial charge on any atom is -0.468 e. The van der Waals surface area contributed by atoms with E-state index in [1.165, 1.54) is 18.4 Å². The SMILES string of the molecule is COC(=O)Cn1c(=NC(=O)c2cc(C)n(C(C)C)n2)sc2c(C)cc(C)cc21. The third kappa shape index (κ3) is 3.77. The number of benzene rings is 1. The van der Waals surface area contributed by atoms with Crippen molar-refractivity contribution in [2.75, 3.05) is 7.11 Å². The van der Waals surface area contributed by atoms with Gasteiger partial charge in [0.1, 0.15) is 6.54 Å². The fraction of sp³-hybridized carbons (Fsp3) is 0.400. The largest absolute Gasteiger partial charge is 0.468 e. The Labute approximate surface area is 167 Å². The number of aromatic nitrogens is 3. The highest BCUT2D eigenvalue weighted by molar-refractivity contribution is 7.16. The second-order valence-corrected chi connectivity index (χ2v) is 8.08. The maximum absolute atomic E-state index is 12.8. The number of aryl methyl sites for hydroxylation is 3. The van der Waals surface area contributed by atoms with Crippen molar-refractivity contribution in [3.05, 3.63) is 45.5 Å². The molecule has 148 valence electrons. The zero-order valence-electron chi connectivity index (χ0n) is 16.9. The van der Waals surface area contributed by atoms with Crippen LogP contribution >= 0.6 is 11.3 Å². The maximum atomic E-state index is 12.8. The summed E-state index contributed by atoms with van der Waals surface area (Å²) in [4.78, 5) is 29.5. The van der Waals surface area contributed by atoms with E-state index in [1.54, 1.807) is 15.3 Å². The zero-order valence-corrected chi connectivity index (χ0v) is 17.8. The lowest BCUT2D eigenvalue weighted by Crippen LogP contribution is -2.22. The average Bonchev–Trinajstić information content (AvgIpc) is 3.17. The normalized spacial score (nSPS) is 12.2. The Kier molecular flexibility index (Phi) is 5.51. The van der Waals surface area contributed by atoms with E-state index in [9.17, 15) is 9.59 Å². The van der Waals surface area contributed by atoms with Crippen LogP contribution in [0.2, 0.25) is 0 Å². The number of carbonyl (C=O) groups excluding carboxylic acids is 2. The van der Waals surface area contributed by atoms with Gasteiger partial charge < -0.3 is 9.30 Å². The third-order valence-corrected chi connectivity index (χ3v) is 5.69. The lowest BCUT2D eigenvalue weighted by atomic mass is 10.1. The summed E-state index contributed by atoms with van der Waals surface area (Å²) in [5.41, 5.74) is 4.21. The van der Waals surface area contributed by atoms with Crippen LogP contribution in [0.15, 0.2) is 23.2 Å². The van der Waals surface area contributed by atoms with Gasteiger partial charge in [-0.3, -0.25) is 14.3 Å². The second-order valence-electron chi connectivity index (χ2n) is 7.10. The summed E-state index contributed by atoms with van der Waals surface area (Å²) < 4.78 is 9.34. The lowest BCUT2D eigenvalue weighted by Gasteiger charge is -2.06. The number of ether oxygens (including phenoxy) is 1. The molecule has 0 atom stereocenters. The topological polar surface area (TPSA) is 78.5 Å². The quantitative estimate of drug-likeness (QED) is 0.630. The number of thiazole rings is 1. The summed E-state index contributed by atoms with van der Waals surface area (Å²) in [5.74, 6) is -0.824. The third-order valence-electron chi connectivity index (χ3n) is 4.46. The summed E-state index contributed by atoms with van der Waals surface area (Å²) in [6, 6.07) is 5.95. The van der Waals surface area contributed by atoms with Gasteiger partial charge in [-0.25, -0.2) is 0 Å². The number of methoxy groups -OCH3 is 1. The van der Waals surface area contributed by atoms with Crippen LogP contribution in [0, 0.1) is 20.8 Å². The lowest BCUT2D eigenvalue weighted by molar-refractivity contribution is -0.141. The van der Waals surface area contributed by atoms with E-state index in [4.69, 9.17) is 4.74 Å². The number of nitrogens with zero attached hydrogens (tertiary/aromatic N) is 4. The van der Waals surface area contributed by atoms with Crippen LogP contribution in [0.3, 0.4) is 0 Å². The van der Waals surface area contributed by atoms with Crippen molar-refractivity contribution in [2.45, 2.75) is 47.2 Å². The van der Waals surface area contributed by atoms with Gasteiger partial charge in [0.05, 0.1) is 17.3 Å². The van der Waals surface area contributed by atoms with E-state index in [0.29, 0.717) is 10.5 Å². The van der Waals surface area contributed by atoms with Crippen LogP contribution in [0.4, 0.5) is 0 Å². The van der Waals surface area contributed by atoms with Crippen LogP contribution in [-0.4, -0.2) is 33.3 Å². The molecule has 0 aliphatic rings. The standard InChI is InChI=1S/C20H24N4O3S/c1-11(2)24-14(5)9-15(22-24)19(26)21-20-23(10-17(25)27-6)16-8-12(3)7-13(4)18(16)28-20/h7-9,11H,10H2,1-6H3. The van der Waals surface area contributed by atoms with Crippen molar-refractivity contribution in [1.82, 2.24) is 14.3 Å². The molecule has 3 aromatic rings. The van der Waals surface area contributed by atoms with Crippen molar-refractivity contribution >= 4 is 33.4 Å². The van der Waals surface area contributed by atoms with Gasteiger partial charge in [0.15, 0.2) is 10.5 Å². The molecule has 2 heterocycles. The Morgan fingerprint density at radius 3 is 2.54 bits per heavy atom. The van der Waals surface area contributed by atoms with Gasteiger partial charge in [-0.1, -0.05) is 17.4 Å². The predicted molar refractivity (Wildman–Crippen MR) is 109 cm³/mol. The molecular weight excluding hydrogens is 376 g/mol. The molecule has 3 rings (SSSR count). The fourth-order valence-corrected chi connectivity index (χ4v) is 4.28. The number of hydrogen-bond donors (Lipinski definition) is 0. The van der Waals surface area contributed by atoms with E-state index in [1.807, 2.05) is 40.7 Å². The highest BCUT2D eigenvalue weighted by atomic mass is 32.1. The van der Waals surface area contributed by atoms with Crippen LogP contribution in [0.25, 0.3) is 10.2 Å². The van der Waals surface area contributed by atoms with Crippen molar-refractivity contribution in [1.29, 1.82) is 0 Å². The summed E-state index contributed by atoms with van der Waals surface area (Å²) in [6.07, 6.45) is 0. The van der Waals surface area contributed by atoms with Gasteiger partial charge in [-0.05, 0) is 57.9 Å². The molecule has 0 aliphatic heterocycles. The first-order valence-electron chi connectivity index (χ1n) is 9.04. The number of hydrogen-bond acceptors (Lipinski definition) is 5. The molecule has 0 unspecified atom stereocenters. The van der Waals surface area contributed by atoms with Crippen LogP contribution in [0.1, 0.15) is 47.2 Å². The molecule has 1 amide bonds. The van der Waals surface area contributed by atoms with E-state index < -0.39 is 11.9 Å². The van der Waals surface area contributed by atoms with Gasteiger partial charge in [0, 0.05) is 11.7 Å². The molecule has 7 nitrogen and oxygen atoms in total. The number of fused-ring (bicyclic) bond motifs is 1.